The van der Waals surface area contributed by atoms with Crippen molar-refractivity contribution in [1.29, 1.82) is 0 Å². The second-order valence-corrected chi connectivity index (χ2v) is 5.44. The summed E-state index contributed by atoms with van der Waals surface area (Å²) >= 11 is 0. The molecular formula is C12H19N5O5. The van der Waals surface area contributed by atoms with Crippen LogP contribution in [-0.2, 0) is 4.74 Å². The molecule has 0 aliphatic carbocycles. The van der Waals surface area contributed by atoms with Crippen LogP contribution in [0.4, 0.5) is 0 Å². The topological polar surface area (TPSA) is 156 Å². The fourth-order valence-electron chi connectivity index (χ4n) is 2.83. The van der Waals surface area contributed by atoms with E-state index in [4.69, 9.17) is 20.7 Å². The number of rotatable bonds is 4. The van der Waals surface area contributed by atoms with Crippen LogP contribution < -0.4 is 5.73 Å². The molecule has 1 saturated heterocycles. The summed E-state index contributed by atoms with van der Waals surface area (Å²) in [5, 5.41) is 38.2. The molecule has 10 nitrogen and oxygen atoms in total. The van der Waals surface area contributed by atoms with Crippen LogP contribution in [0.3, 0.4) is 0 Å². The monoisotopic (exact) mass is 313 g/mol. The van der Waals surface area contributed by atoms with Crippen molar-refractivity contribution >= 4 is 17.9 Å². The maximum atomic E-state index is 10.1. The standard InChI is InChI=1S/C12H19N5O5/c13-12(1-2-18)9-10(14-4-16-12)17(5-15-9)11-8(21)7(20)6(3-19)22-11/h4,6-8,11,18-21H,1-3,5,13H2/t6-,7-,8-,11-,12?/m1/s1. The van der Waals surface area contributed by atoms with E-state index in [0.29, 0.717) is 11.5 Å². The van der Waals surface area contributed by atoms with E-state index in [0.717, 1.165) is 0 Å². The van der Waals surface area contributed by atoms with E-state index in [9.17, 15) is 10.2 Å². The predicted molar refractivity (Wildman–Crippen MR) is 76.4 cm³/mol. The molecule has 0 radical (unpaired) electrons. The molecule has 3 aliphatic rings. The number of nitrogens with two attached hydrogens (primary N) is 1. The Labute approximate surface area is 126 Å². The Morgan fingerprint density at radius 2 is 2.14 bits per heavy atom. The summed E-state index contributed by atoms with van der Waals surface area (Å²) in [5.74, 6) is 0.390. The summed E-state index contributed by atoms with van der Waals surface area (Å²) in [5.41, 5.74) is 5.38. The Hall–Kier alpha value is -1.43. The van der Waals surface area contributed by atoms with Gasteiger partial charge in [-0.3, -0.25) is 4.99 Å². The van der Waals surface area contributed by atoms with Gasteiger partial charge in [0.15, 0.2) is 17.7 Å². The lowest BCUT2D eigenvalue weighted by Crippen LogP contribution is -2.55. The van der Waals surface area contributed by atoms with Crippen molar-refractivity contribution in [3.8, 4) is 0 Å². The average Bonchev–Trinajstić information content (AvgIpc) is 3.03. The summed E-state index contributed by atoms with van der Waals surface area (Å²) in [4.78, 5) is 14.1. The van der Waals surface area contributed by atoms with E-state index in [2.05, 4.69) is 15.0 Å². The number of fused-ring (bicyclic) bond motifs is 1. The van der Waals surface area contributed by atoms with E-state index in [1.807, 2.05) is 0 Å². The number of aliphatic imine (C=N–C) groups is 3. The van der Waals surface area contributed by atoms with Gasteiger partial charge in [-0.2, -0.15) is 0 Å². The quantitative estimate of drug-likeness (QED) is 0.362. The van der Waals surface area contributed by atoms with Gasteiger partial charge in [0.25, 0.3) is 0 Å². The zero-order chi connectivity index (χ0) is 15.9. The van der Waals surface area contributed by atoms with Gasteiger partial charge in [0, 0.05) is 13.0 Å². The molecule has 5 atom stereocenters. The molecule has 0 spiro atoms. The lowest BCUT2D eigenvalue weighted by atomic mass is 9.99. The van der Waals surface area contributed by atoms with Gasteiger partial charge >= 0.3 is 0 Å². The van der Waals surface area contributed by atoms with Crippen molar-refractivity contribution in [3.63, 3.8) is 0 Å². The van der Waals surface area contributed by atoms with E-state index in [-0.39, 0.29) is 19.7 Å². The first kappa shape index (κ1) is 15.5. The summed E-state index contributed by atoms with van der Waals surface area (Å²) in [7, 11) is 0. The molecule has 1 unspecified atom stereocenters. The molecule has 6 N–H and O–H groups in total. The molecule has 122 valence electrons. The molecule has 10 heteroatoms. The Kier molecular flexibility index (Phi) is 3.97. The number of nitrogens with zero attached hydrogens (tertiary/aromatic N) is 4. The molecule has 22 heavy (non-hydrogen) atoms. The van der Waals surface area contributed by atoms with Gasteiger partial charge in [0.2, 0.25) is 0 Å². The molecule has 0 bridgehead atoms. The van der Waals surface area contributed by atoms with E-state index in [1.165, 1.54) is 6.34 Å². The molecule has 0 saturated carbocycles. The first-order chi connectivity index (χ1) is 10.5. The van der Waals surface area contributed by atoms with E-state index in [1.54, 1.807) is 4.90 Å². The lowest BCUT2D eigenvalue weighted by molar-refractivity contribution is -0.0688. The molecule has 0 aromatic heterocycles. The molecule has 0 aromatic rings. The zero-order valence-corrected chi connectivity index (χ0v) is 11.8. The molecular weight excluding hydrogens is 294 g/mol. The first-order valence-electron chi connectivity index (χ1n) is 6.97. The van der Waals surface area contributed by atoms with Crippen LogP contribution in [0.5, 0.6) is 0 Å². The Bertz CT molecular complexity index is 538. The van der Waals surface area contributed by atoms with Crippen LogP contribution in [0.15, 0.2) is 15.0 Å². The SMILES string of the molecule is NC1(CCO)N=CN=C2C1=NCN2[C@@H]1O[C@H](CO)[C@@H](O)[C@H]1O. The molecule has 3 rings (SSSR count). The minimum absolute atomic E-state index is 0.133. The fraction of sp³-hybridized carbons (Fsp3) is 0.750. The van der Waals surface area contributed by atoms with Crippen molar-refractivity contribution in [2.75, 3.05) is 19.9 Å². The molecule has 0 amide bonds. The highest BCUT2D eigenvalue weighted by atomic mass is 16.6. The minimum atomic E-state index is -1.21. The summed E-state index contributed by atoms with van der Waals surface area (Å²) in [6.07, 6.45) is -2.70. The van der Waals surface area contributed by atoms with E-state index < -0.39 is 36.8 Å². The number of hydrogen-bond donors (Lipinski definition) is 5. The predicted octanol–water partition coefficient (Wildman–Crippen LogP) is -3.38. The van der Waals surface area contributed by atoms with Gasteiger partial charge < -0.3 is 35.8 Å². The molecule has 3 aliphatic heterocycles. The third-order valence-corrected chi connectivity index (χ3v) is 4.06. The highest BCUT2D eigenvalue weighted by molar-refractivity contribution is 6.47. The van der Waals surface area contributed by atoms with Crippen LogP contribution in [0, 0.1) is 0 Å². The third kappa shape index (κ3) is 2.24. The minimum Gasteiger partial charge on any atom is -0.396 e. The summed E-state index contributed by atoms with van der Waals surface area (Å²) in [6.45, 7) is -0.432. The van der Waals surface area contributed by atoms with Crippen LogP contribution in [-0.4, -0.2) is 93.3 Å². The summed E-state index contributed by atoms with van der Waals surface area (Å²) in [6, 6.07) is 0. The van der Waals surface area contributed by atoms with Crippen molar-refractivity contribution in [3.05, 3.63) is 0 Å². The largest absolute Gasteiger partial charge is 0.396 e. The van der Waals surface area contributed by atoms with E-state index >= 15 is 0 Å². The molecule has 3 heterocycles. The maximum Gasteiger partial charge on any atom is 0.162 e. The van der Waals surface area contributed by atoms with Crippen LogP contribution in [0.1, 0.15) is 6.42 Å². The molecule has 1 fully saturated rings. The highest BCUT2D eigenvalue weighted by Gasteiger charge is 2.50. The van der Waals surface area contributed by atoms with Gasteiger partial charge in [-0.15, -0.1) is 0 Å². The smallest absolute Gasteiger partial charge is 0.162 e. The number of hydrogen-bond acceptors (Lipinski definition) is 10. The Morgan fingerprint density at radius 3 is 2.77 bits per heavy atom. The Balaban J connectivity index is 1.83. The van der Waals surface area contributed by atoms with Gasteiger partial charge in [-0.1, -0.05) is 0 Å². The second kappa shape index (κ2) is 5.65. The van der Waals surface area contributed by atoms with Crippen LogP contribution in [0.25, 0.3) is 0 Å². The van der Waals surface area contributed by atoms with Crippen molar-refractivity contribution < 1.29 is 25.2 Å². The van der Waals surface area contributed by atoms with Crippen molar-refractivity contribution in [2.24, 2.45) is 20.7 Å². The lowest BCUT2D eigenvalue weighted by Gasteiger charge is -2.32. The summed E-state index contributed by atoms with van der Waals surface area (Å²) < 4.78 is 5.48. The van der Waals surface area contributed by atoms with Crippen LogP contribution >= 0.6 is 0 Å². The average molecular weight is 313 g/mol. The van der Waals surface area contributed by atoms with Gasteiger partial charge in [-0.05, 0) is 0 Å². The highest BCUT2D eigenvalue weighted by Crippen LogP contribution is 2.29. The van der Waals surface area contributed by atoms with Crippen LogP contribution in [0.2, 0.25) is 0 Å². The number of ether oxygens (including phenoxy) is 1. The fourth-order valence-corrected chi connectivity index (χ4v) is 2.83. The normalized spacial score (nSPS) is 40.7. The number of aliphatic hydroxyl groups is 4. The second-order valence-electron chi connectivity index (χ2n) is 5.44. The maximum absolute atomic E-state index is 10.1. The first-order valence-corrected chi connectivity index (χ1v) is 6.97. The van der Waals surface area contributed by atoms with Gasteiger partial charge in [0.05, 0.1) is 6.61 Å². The van der Waals surface area contributed by atoms with Crippen molar-refractivity contribution in [2.45, 2.75) is 36.6 Å². The van der Waals surface area contributed by atoms with Gasteiger partial charge in [-0.25, -0.2) is 9.98 Å². The zero-order valence-electron chi connectivity index (χ0n) is 11.8. The third-order valence-electron chi connectivity index (χ3n) is 4.06. The number of amidine groups is 1. The number of aliphatic hydroxyl groups excluding tert-OH is 4. The van der Waals surface area contributed by atoms with Crippen molar-refractivity contribution in [1.82, 2.24) is 4.90 Å². The molecule has 0 aromatic carbocycles. The van der Waals surface area contributed by atoms with Gasteiger partial charge in [0.1, 0.15) is 37.0 Å². The Morgan fingerprint density at radius 1 is 1.36 bits per heavy atom.